The lowest BCUT2D eigenvalue weighted by Gasteiger charge is -2.40. The van der Waals surface area contributed by atoms with Gasteiger partial charge >= 0.3 is 12.1 Å². The normalized spacial score (nSPS) is 47.0. The number of carbonyl (C=O) groups is 1. The van der Waals surface area contributed by atoms with Crippen molar-refractivity contribution in [1.82, 2.24) is 0 Å². The Bertz CT molecular complexity index is 544. The molecule has 4 saturated carbocycles. The first-order valence-corrected chi connectivity index (χ1v) is 8.39. The van der Waals surface area contributed by atoms with Crippen LogP contribution in [-0.2, 0) is 9.53 Å². The lowest BCUT2D eigenvalue weighted by atomic mass is 9.67. The highest BCUT2D eigenvalue weighted by molar-refractivity contribution is 5.89. The Hall–Kier alpha value is -1.04. The van der Waals surface area contributed by atoms with Crippen molar-refractivity contribution in [2.75, 3.05) is 6.61 Å². The fourth-order valence-electron chi connectivity index (χ4n) is 6.35. The van der Waals surface area contributed by atoms with E-state index >= 15 is 0 Å². The number of halogens is 3. The molecule has 4 bridgehead atoms. The summed E-state index contributed by atoms with van der Waals surface area (Å²) in [6.07, 6.45) is -1.28. The van der Waals surface area contributed by atoms with Crippen LogP contribution in [0.3, 0.4) is 0 Å². The van der Waals surface area contributed by atoms with Crippen molar-refractivity contribution >= 4 is 5.97 Å². The number of alkyl halides is 3. The maximum absolute atomic E-state index is 12.6. The van der Waals surface area contributed by atoms with Crippen molar-refractivity contribution in [3.05, 3.63) is 12.2 Å². The summed E-state index contributed by atoms with van der Waals surface area (Å²) in [5.41, 5.74) is -1.42. The van der Waals surface area contributed by atoms with Crippen molar-refractivity contribution < 1.29 is 27.8 Å². The minimum Gasteiger partial charge on any atom is -0.458 e. The molecular weight excluding hydrogens is 309 g/mol. The predicted octanol–water partition coefficient (Wildman–Crippen LogP) is 2.94. The topological polar surface area (TPSA) is 46.5 Å². The van der Waals surface area contributed by atoms with Crippen molar-refractivity contribution in [3.63, 3.8) is 0 Å². The molecule has 4 aliphatic carbocycles. The van der Waals surface area contributed by atoms with Crippen LogP contribution in [0.15, 0.2) is 12.2 Å². The van der Waals surface area contributed by atoms with Gasteiger partial charge < -0.3 is 9.84 Å². The first kappa shape index (κ1) is 15.5. The summed E-state index contributed by atoms with van der Waals surface area (Å²) in [4.78, 5) is 11.7. The van der Waals surface area contributed by atoms with E-state index in [9.17, 15) is 23.1 Å². The minimum absolute atomic E-state index is 0.166. The number of aliphatic hydroxyl groups excluding tert-OH is 1. The zero-order chi connectivity index (χ0) is 16.5. The summed E-state index contributed by atoms with van der Waals surface area (Å²) < 4.78 is 42.9. The second-order valence-electron chi connectivity index (χ2n) is 7.81. The quantitative estimate of drug-likeness (QED) is 0.492. The molecule has 4 fully saturated rings. The molecular formula is C17H21F3O3. The molecule has 0 aliphatic heterocycles. The molecule has 0 aromatic heterocycles. The molecule has 128 valence electrons. The van der Waals surface area contributed by atoms with Crippen LogP contribution in [0.25, 0.3) is 0 Å². The summed E-state index contributed by atoms with van der Waals surface area (Å²) in [6, 6.07) is 0. The average Bonchev–Trinajstić information content (AvgIpc) is 3.21. The van der Waals surface area contributed by atoms with E-state index in [-0.39, 0.29) is 12.5 Å². The van der Waals surface area contributed by atoms with Gasteiger partial charge in [-0.2, -0.15) is 13.2 Å². The largest absolute Gasteiger partial charge is 0.458 e. The monoisotopic (exact) mass is 330 g/mol. The maximum Gasteiger partial charge on any atom is 0.422 e. The predicted molar refractivity (Wildman–Crippen MR) is 75.1 cm³/mol. The molecule has 0 aromatic carbocycles. The molecule has 4 rings (SSSR count). The Labute approximate surface area is 132 Å². The average molecular weight is 330 g/mol. The Morgan fingerprint density at radius 3 is 2.39 bits per heavy atom. The molecule has 6 heteroatoms. The van der Waals surface area contributed by atoms with Gasteiger partial charge in [0, 0.05) is 6.61 Å². The van der Waals surface area contributed by atoms with Crippen LogP contribution < -0.4 is 0 Å². The highest BCUT2D eigenvalue weighted by atomic mass is 19.4. The lowest BCUT2D eigenvalue weighted by molar-refractivity contribution is -0.160. The third kappa shape index (κ3) is 2.17. The van der Waals surface area contributed by atoms with Crippen LogP contribution in [0.5, 0.6) is 0 Å². The third-order valence-electron chi connectivity index (χ3n) is 6.98. The Balaban J connectivity index is 1.46. The molecule has 0 aromatic rings. The highest BCUT2D eigenvalue weighted by Gasteiger charge is 2.65. The van der Waals surface area contributed by atoms with Gasteiger partial charge in [-0.25, -0.2) is 4.79 Å². The molecule has 3 nitrogen and oxygen atoms in total. The van der Waals surface area contributed by atoms with Crippen molar-refractivity contribution in [2.45, 2.75) is 38.0 Å². The molecule has 8 unspecified atom stereocenters. The Morgan fingerprint density at radius 1 is 1.09 bits per heavy atom. The van der Waals surface area contributed by atoms with Crippen molar-refractivity contribution in [1.29, 1.82) is 0 Å². The van der Waals surface area contributed by atoms with Crippen LogP contribution >= 0.6 is 0 Å². The minimum atomic E-state index is -4.73. The highest BCUT2D eigenvalue weighted by Crippen LogP contribution is 2.69. The fraction of sp³-hybridized carbons (Fsp3) is 0.824. The molecule has 0 spiro atoms. The number of esters is 1. The standard InChI is InChI=1S/C17H21F3O3/c1-7(17(18,19)20)16(22)23-13-5-9-4-12(13)15-11-3-8(14(9)15)2-10(11)6-21/h8-15,21H,1-6H2. The van der Waals surface area contributed by atoms with E-state index in [0.717, 1.165) is 19.3 Å². The molecule has 1 N–H and O–H groups in total. The number of carbonyl (C=O) groups excluding carboxylic acids is 1. The van der Waals surface area contributed by atoms with Gasteiger partial charge in [0.05, 0.1) is 0 Å². The SMILES string of the molecule is C=C(C(=O)OC1CC2CC1C1C3CC(CC3CO)C21)C(F)(F)F. The lowest BCUT2D eigenvalue weighted by Crippen LogP contribution is -2.41. The van der Waals surface area contributed by atoms with E-state index in [4.69, 9.17) is 4.74 Å². The van der Waals surface area contributed by atoms with E-state index in [1.54, 1.807) is 0 Å². The number of aliphatic hydroxyl groups is 1. The van der Waals surface area contributed by atoms with Gasteiger partial charge in [-0.05, 0) is 67.1 Å². The van der Waals surface area contributed by atoms with Gasteiger partial charge in [-0.3, -0.25) is 0 Å². The number of fused-ring (bicyclic) bond motifs is 9. The smallest absolute Gasteiger partial charge is 0.422 e. The zero-order valence-electron chi connectivity index (χ0n) is 12.8. The van der Waals surface area contributed by atoms with Gasteiger partial charge in [0.2, 0.25) is 0 Å². The Morgan fingerprint density at radius 2 is 1.74 bits per heavy atom. The third-order valence-corrected chi connectivity index (χ3v) is 6.98. The van der Waals surface area contributed by atoms with Gasteiger partial charge in [0.25, 0.3) is 0 Å². The van der Waals surface area contributed by atoms with E-state index in [1.807, 2.05) is 0 Å². The summed E-state index contributed by atoms with van der Waals surface area (Å²) in [5, 5.41) is 9.53. The second-order valence-corrected chi connectivity index (χ2v) is 7.81. The van der Waals surface area contributed by atoms with Crippen LogP contribution in [0, 0.1) is 41.4 Å². The van der Waals surface area contributed by atoms with Crippen molar-refractivity contribution in [2.24, 2.45) is 41.4 Å². The summed E-state index contributed by atoms with van der Waals surface area (Å²) in [6.45, 7) is 3.02. The number of ether oxygens (including phenoxy) is 1. The first-order chi connectivity index (χ1) is 10.8. The number of rotatable bonds is 3. The molecule has 0 saturated heterocycles. The zero-order valence-corrected chi connectivity index (χ0v) is 12.8. The molecule has 8 atom stereocenters. The van der Waals surface area contributed by atoms with Crippen molar-refractivity contribution in [3.8, 4) is 0 Å². The maximum atomic E-state index is 12.6. The summed E-state index contributed by atoms with van der Waals surface area (Å²) in [7, 11) is 0. The molecule has 0 heterocycles. The van der Waals surface area contributed by atoms with Crippen LogP contribution in [-0.4, -0.2) is 30.0 Å². The molecule has 23 heavy (non-hydrogen) atoms. The van der Waals surface area contributed by atoms with E-state index in [2.05, 4.69) is 6.58 Å². The Kier molecular flexibility index (Phi) is 3.35. The molecule has 4 aliphatic rings. The van der Waals surface area contributed by atoms with E-state index in [1.165, 1.54) is 0 Å². The van der Waals surface area contributed by atoms with Gasteiger partial charge in [-0.15, -0.1) is 0 Å². The van der Waals surface area contributed by atoms with Gasteiger partial charge in [0.15, 0.2) is 0 Å². The molecule has 0 amide bonds. The van der Waals surface area contributed by atoms with Gasteiger partial charge in [-0.1, -0.05) is 6.58 Å². The molecule has 0 radical (unpaired) electrons. The van der Waals surface area contributed by atoms with Crippen LogP contribution in [0.1, 0.15) is 25.7 Å². The first-order valence-electron chi connectivity index (χ1n) is 8.39. The van der Waals surface area contributed by atoms with E-state index in [0.29, 0.717) is 41.9 Å². The van der Waals surface area contributed by atoms with Crippen LogP contribution in [0.4, 0.5) is 13.2 Å². The number of hydrogen-bond donors (Lipinski definition) is 1. The second kappa shape index (κ2) is 4.98. The fourth-order valence-corrected chi connectivity index (χ4v) is 6.35. The summed E-state index contributed by atoms with van der Waals surface area (Å²) in [5.74, 6) is 1.79. The van der Waals surface area contributed by atoms with Crippen LogP contribution in [0.2, 0.25) is 0 Å². The number of hydrogen-bond acceptors (Lipinski definition) is 3. The van der Waals surface area contributed by atoms with Gasteiger partial charge in [0.1, 0.15) is 11.7 Å². The summed E-state index contributed by atoms with van der Waals surface area (Å²) >= 11 is 0. The van der Waals surface area contributed by atoms with E-state index < -0.39 is 23.8 Å².